The molecule has 43 heavy (non-hydrogen) atoms. The van der Waals surface area contributed by atoms with Crippen molar-refractivity contribution in [3.63, 3.8) is 0 Å². The van der Waals surface area contributed by atoms with E-state index in [1.165, 1.54) is 0 Å². The van der Waals surface area contributed by atoms with Gasteiger partial charge >= 0.3 is 0 Å². The fraction of sp³-hybridized carbons (Fsp3) is 0.294. The van der Waals surface area contributed by atoms with Crippen LogP contribution in [0.5, 0.6) is 0 Å². The Kier molecular flexibility index (Phi) is 8.22. The van der Waals surface area contributed by atoms with Crippen molar-refractivity contribution >= 4 is 34.5 Å². The van der Waals surface area contributed by atoms with Crippen molar-refractivity contribution in [2.45, 2.75) is 56.3 Å². The van der Waals surface area contributed by atoms with Crippen molar-refractivity contribution in [2.75, 3.05) is 6.54 Å². The predicted molar refractivity (Wildman–Crippen MR) is 163 cm³/mol. The average molecular weight is 578 g/mol. The van der Waals surface area contributed by atoms with Crippen LogP contribution in [0.3, 0.4) is 0 Å². The third-order valence-corrected chi connectivity index (χ3v) is 8.38. The molecule has 4 N–H and O–H groups in total. The van der Waals surface area contributed by atoms with Gasteiger partial charge in [-0.2, -0.15) is 0 Å². The van der Waals surface area contributed by atoms with Crippen molar-refractivity contribution in [2.24, 2.45) is 0 Å². The smallest absolute Gasteiger partial charge is 0.246 e. The first-order valence-electron chi connectivity index (χ1n) is 14.8. The summed E-state index contributed by atoms with van der Waals surface area (Å²) in [7, 11) is 0. The molecule has 4 atom stereocenters. The van der Waals surface area contributed by atoms with E-state index in [4.69, 9.17) is 0 Å². The molecule has 2 aliphatic rings. The van der Waals surface area contributed by atoms with E-state index < -0.39 is 36.0 Å². The normalized spacial score (nSPS) is 23.1. The van der Waals surface area contributed by atoms with Crippen LogP contribution in [0.25, 0.3) is 10.9 Å². The van der Waals surface area contributed by atoms with E-state index in [1.807, 2.05) is 91.1 Å². The maximum absolute atomic E-state index is 14.0. The lowest BCUT2D eigenvalue weighted by Gasteiger charge is -2.32. The van der Waals surface area contributed by atoms with Gasteiger partial charge in [0.2, 0.25) is 23.6 Å². The second-order valence-corrected chi connectivity index (χ2v) is 11.3. The Morgan fingerprint density at radius 3 is 1.88 bits per heavy atom. The Morgan fingerprint density at radius 2 is 1.19 bits per heavy atom. The van der Waals surface area contributed by atoms with Crippen molar-refractivity contribution < 1.29 is 19.2 Å². The fourth-order valence-corrected chi connectivity index (χ4v) is 6.15. The Hall–Kier alpha value is -4.92. The number of fused-ring (bicyclic) bond motifs is 2. The van der Waals surface area contributed by atoms with Gasteiger partial charge in [-0.15, -0.1) is 0 Å². The first kappa shape index (κ1) is 28.2. The van der Waals surface area contributed by atoms with Crippen molar-refractivity contribution in [1.82, 2.24) is 25.8 Å². The standard InChI is InChI=1S/C34H35N5O4/c40-31-27(18-22-10-3-1-4-11-22)37-33(42)30-16-9-17-39(30)34(43)29(19-23-12-5-2-6-13-23)38-32(41)28(36-31)20-24-21-35-26-15-8-7-14-25(24)26/h1-8,10-15,21,27-30,35H,9,16-20H2,(H,36,40)(H,37,42)(H,38,41)/t27-,28+,29+,30-/m1/s1. The number of rotatable bonds is 6. The van der Waals surface area contributed by atoms with Gasteiger partial charge in [0, 0.05) is 42.9 Å². The number of amides is 4. The van der Waals surface area contributed by atoms with Gasteiger partial charge < -0.3 is 25.8 Å². The first-order chi connectivity index (χ1) is 21.0. The number of hydrogen-bond donors (Lipinski definition) is 4. The van der Waals surface area contributed by atoms with Crippen LogP contribution in [0.15, 0.2) is 91.1 Å². The van der Waals surface area contributed by atoms with Gasteiger partial charge in [-0.1, -0.05) is 78.9 Å². The lowest BCUT2D eigenvalue weighted by molar-refractivity contribution is -0.143. The van der Waals surface area contributed by atoms with Gasteiger partial charge in [0.15, 0.2) is 0 Å². The summed E-state index contributed by atoms with van der Waals surface area (Å²) in [6.07, 6.45) is 3.70. The highest BCUT2D eigenvalue weighted by Gasteiger charge is 2.40. The summed E-state index contributed by atoms with van der Waals surface area (Å²) in [5.41, 5.74) is 3.53. The van der Waals surface area contributed by atoms with E-state index >= 15 is 0 Å². The van der Waals surface area contributed by atoms with Crippen LogP contribution < -0.4 is 16.0 Å². The molecule has 0 unspecified atom stereocenters. The van der Waals surface area contributed by atoms with Gasteiger partial charge in [-0.3, -0.25) is 19.2 Å². The number of para-hydroxylation sites is 1. The van der Waals surface area contributed by atoms with E-state index in [-0.39, 0.29) is 31.1 Å². The van der Waals surface area contributed by atoms with Crippen molar-refractivity contribution in [3.05, 3.63) is 108 Å². The minimum absolute atomic E-state index is 0.201. The van der Waals surface area contributed by atoms with Gasteiger partial charge in [-0.05, 0) is 35.6 Å². The number of nitrogens with one attached hydrogen (secondary N) is 4. The molecule has 0 spiro atoms. The van der Waals surface area contributed by atoms with Gasteiger partial charge in [0.05, 0.1) is 0 Å². The molecule has 220 valence electrons. The maximum atomic E-state index is 14.0. The number of carbonyl (C=O) groups excluding carboxylic acids is 4. The second kappa shape index (κ2) is 12.5. The summed E-state index contributed by atoms with van der Waals surface area (Å²) >= 11 is 0. The summed E-state index contributed by atoms with van der Waals surface area (Å²) in [5.74, 6) is -1.56. The number of aromatic nitrogens is 1. The molecular formula is C34H35N5O4. The molecule has 0 radical (unpaired) electrons. The topological polar surface area (TPSA) is 123 Å². The number of hydrogen-bond acceptors (Lipinski definition) is 4. The first-order valence-corrected chi connectivity index (χ1v) is 14.8. The van der Waals surface area contributed by atoms with Crippen LogP contribution in [-0.2, 0) is 38.4 Å². The van der Waals surface area contributed by atoms with Gasteiger partial charge in [0.25, 0.3) is 0 Å². The molecule has 1 aromatic heterocycles. The van der Waals surface area contributed by atoms with Gasteiger partial charge in [0.1, 0.15) is 24.2 Å². The molecular weight excluding hydrogens is 542 g/mol. The number of H-pyrrole nitrogens is 1. The second-order valence-electron chi connectivity index (χ2n) is 11.3. The van der Waals surface area contributed by atoms with E-state index in [0.717, 1.165) is 27.6 Å². The third kappa shape index (κ3) is 6.30. The van der Waals surface area contributed by atoms with Crippen LogP contribution in [0.2, 0.25) is 0 Å². The lowest BCUT2D eigenvalue weighted by Crippen LogP contribution is -2.62. The van der Waals surface area contributed by atoms with Crippen LogP contribution in [0.4, 0.5) is 0 Å². The molecule has 2 saturated heterocycles. The number of aromatic amines is 1. The van der Waals surface area contributed by atoms with Crippen LogP contribution in [0.1, 0.15) is 29.5 Å². The highest BCUT2D eigenvalue weighted by molar-refractivity contribution is 5.98. The Morgan fingerprint density at radius 1 is 0.628 bits per heavy atom. The maximum Gasteiger partial charge on any atom is 0.246 e. The number of nitrogens with zero attached hydrogens (tertiary/aromatic N) is 1. The highest BCUT2D eigenvalue weighted by Crippen LogP contribution is 2.22. The minimum Gasteiger partial charge on any atom is -0.361 e. The highest BCUT2D eigenvalue weighted by atomic mass is 16.2. The largest absolute Gasteiger partial charge is 0.361 e. The predicted octanol–water partition coefficient (Wildman–Crippen LogP) is 2.65. The Labute approximate surface area is 250 Å². The molecule has 3 aromatic carbocycles. The Bertz CT molecular complexity index is 1620. The summed E-state index contributed by atoms with van der Waals surface area (Å²) in [6.45, 7) is 0.409. The Balaban J connectivity index is 1.36. The van der Waals surface area contributed by atoms with Crippen LogP contribution in [-0.4, -0.2) is 64.2 Å². The van der Waals surface area contributed by atoms with E-state index in [0.29, 0.717) is 19.4 Å². The molecule has 2 fully saturated rings. The molecule has 0 aliphatic carbocycles. The molecule has 6 rings (SSSR count). The fourth-order valence-electron chi connectivity index (χ4n) is 6.15. The summed E-state index contributed by atoms with van der Waals surface area (Å²) in [5, 5.41) is 9.78. The quantitative estimate of drug-likeness (QED) is 0.281. The SMILES string of the molecule is O=C1N[C@@H](Cc2ccccc2)C(=O)N2CCC[C@@H]2C(=O)N[C@H](Cc2ccccc2)C(=O)N[C@H]1Cc1c[nH]c2ccccc12. The third-order valence-electron chi connectivity index (χ3n) is 8.38. The summed E-state index contributed by atoms with van der Waals surface area (Å²) in [4.78, 5) is 60.3. The summed E-state index contributed by atoms with van der Waals surface area (Å²) in [6, 6.07) is 23.1. The van der Waals surface area contributed by atoms with E-state index in [2.05, 4.69) is 20.9 Å². The number of carbonyl (C=O) groups is 4. The molecule has 9 heteroatoms. The molecule has 9 nitrogen and oxygen atoms in total. The molecule has 3 heterocycles. The van der Waals surface area contributed by atoms with Crippen molar-refractivity contribution in [1.29, 1.82) is 0 Å². The molecule has 0 bridgehead atoms. The lowest BCUT2D eigenvalue weighted by atomic mass is 9.99. The zero-order valence-corrected chi connectivity index (χ0v) is 23.8. The molecule has 4 amide bonds. The molecule has 0 saturated carbocycles. The average Bonchev–Trinajstić information content (AvgIpc) is 3.68. The zero-order valence-electron chi connectivity index (χ0n) is 23.8. The van der Waals surface area contributed by atoms with Gasteiger partial charge in [-0.25, -0.2) is 0 Å². The van der Waals surface area contributed by atoms with Crippen LogP contribution >= 0.6 is 0 Å². The monoisotopic (exact) mass is 577 g/mol. The number of benzene rings is 3. The van der Waals surface area contributed by atoms with E-state index in [9.17, 15) is 19.2 Å². The molecule has 4 aromatic rings. The van der Waals surface area contributed by atoms with Crippen LogP contribution in [0, 0.1) is 0 Å². The zero-order chi connectivity index (χ0) is 29.8. The summed E-state index contributed by atoms with van der Waals surface area (Å²) < 4.78 is 0. The van der Waals surface area contributed by atoms with E-state index in [1.54, 1.807) is 4.90 Å². The molecule has 2 aliphatic heterocycles. The minimum atomic E-state index is -0.984. The van der Waals surface area contributed by atoms with Crippen molar-refractivity contribution in [3.8, 4) is 0 Å².